The van der Waals surface area contributed by atoms with E-state index in [0.29, 0.717) is 55.8 Å². The van der Waals surface area contributed by atoms with E-state index in [9.17, 15) is 61.6 Å². The van der Waals surface area contributed by atoms with Gasteiger partial charge in [0.1, 0.15) is 65.0 Å². The van der Waals surface area contributed by atoms with E-state index in [1.54, 1.807) is 82.3 Å². The van der Waals surface area contributed by atoms with Crippen molar-refractivity contribution in [3.8, 4) is 46.2 Å². The third kappa shape index (κ3) is 18.8. The van der Waals surface area contributed by atoms with E-state index in [4.69, 9.17) is 41.4 Å². The fourth-order valence-corrected chi connectivity index (χ4v) is 11.8. The van der Waals surface area contributed by atoms with Gasteiger partial charge in [0.15, 0.2) is 0 Å². The topological polar surface area (TPSA) is 377 Å². The molecule has 8 N–H and O–H groups in total. The van der Waals surface area contributed by atoms with Gasteiger partial charge in [0, 0.05) is 78.3 Å². The SMILES string of the molecule is C[C@@H](c1nc(-c2ccc(C#N)cc2)cs1)[C@](O)(Cn1c[n+](Cc2ccc(OC(=O)CN)cc2C(=O)O)cn1)c1ccc(F)cc1F.C[C@@H](c1nc(-c2ccc(C#N)cc2)cs1)[C@](O)(Cn1c[n+](Cc2ccc(OC(=O)CN)cc2C(=O)O)cn1)c1ccc(F)cc1F.O=C([O-])C(F)(F)F.[Br-]. The lowest BCUT2D eigenvalue weighted by Gasteiger charge is -2.32. The second kappa shape index (κ2) is 33.0. The second-order valence-electron chi connectivity index (χ2n) is 21.7. The standard InChI is InChI=1S/2C32H26F2N6O5S.C2HF3O2.BrH/c2*1-19(30-38-28(15-46-30)21-4-2-20(12-35)3-5-21)32(44,26-9-7-23(33)10-27(26)34)16-40-18-39(17-37-40)14-22-6-8-24(45-29(41)13-36)11-25(22)31(42)43;3-2(4,5)1(6)7;/h2*2-11,15,17-19,44H,13-14,16,36H2,1H3;(H,6,7);1H/t2*19-,32+;;/m00../s1. The number of aromatic carboxylic acids is 2. The number of benzene rings is 6. The average molecular weight is 1480 g/mol. The van der Waals surface area contributed by atoms with Crippen LogP contribution < -0.4 is 52.2 Å². The molecule has 10 aromatic rings. The number of carbonyl (C=O) groups is 5. The van der Waals surface area contributed by atoms with Gasteiger partial charge in [-0.2, -0.15) is 23.7 Å². The van der Waals surface area contributed by atoms with Crippen LogP contribution in [0.3, 0.4) is 0 Å². The molecule has 0 fully saturated rings. The predicted octanol–water partition coefficient (Wildman–Crippen LogP) is 3.79. The first-order valence-corrected chi connectivity index (χ1v) is 30.6. The zero-order chi connectivity index (χ0) is 72.1. The van der Waals surface area contributed by atoms with Gasteiger partial charge in [0.25, 0.3) is 12.7 Å². The number of nitrogens with zero attached hydrogens (tertiary/aromatic N) is 10. The molecule has 0 spiro atoms. The van der Waals surface area contributed by atoms with Gasteiger partial charge in [-0.05, 0) is 60.7 Å². The van der Waals surface area contributed by atoms with Crippen molar-refractivity contribution in [1.29, 1.82) is 10.5 Å². The molecule has 0 aliphatic heterocycles. The van der Waals surface area contributed by atoms with Crippen LogP contribution in [0.25, 0.3) is 22.5 Å². The van der Waals surface area contributed by atoms with Gasteiger partial charge >= 0.3 is 30.1 Å². The molecule has 0 saturated carbocycles. The Hall–Kier alpha value is -11.0. The Morgan fingerprint density at radius 3 is 1.27 bits per heavy atom. The molecule has 10 rings (SSSR count). The van der Waals surface area contributed by atoms with Crippen molar-refractivity contribution >= 4 is 52.5 Å². The van der Waals surface area contributed by atoms with Crippen molar-refractivity contribution in [3.63, 3.8) is 0 Å². The molecule has 4 aromatic heterocycles. The summed E-state index contributed by atoms with van der Waals surface area (Å²) >= 11 is 2.52. The third-order valence-electron chi connectivity index (χ3n) is 15.1. The number of aliphatic hydroxyl groups is 2. The molecule has 518 valence electrons. The highest BCUT2D eigenvalue weighted by atomic mass is 79.9. The van der Waals surface area contributed by atoms with Crippen molar-refractivity contribution in [1.82, 2.24) is 29.5 Å². The van der Waals surface area contributed by atoms with E-state index in [0.717, 1.165) is 23.3 Å². The Kier molecular flexibility index (Phi) is 25.2. The molecule has 4 atom stereocenters. The van der Waals surface area contributed by atoms with Gasteiger partial charge in [-0.15, -0.1) is 32.0 Å². The average Bonchev–Trinajstić information content (AvgIpc) is 1.34. The number of nitriles is 2. The van der Waals surface area contributed by atoms with Gasteiger partial charge in [-0.25, -0.2) is 46.3 Å². The molecule has 4 heterocycles. The lowest BCUT2D eigenvalue weighted by molar-refractivity contribution is -0.689. The largest absolute Gasteiger partial charge is 1.00 e. The van der Waals surface area contributed by atoms with Gasteiger partial charge < -0.3 is 68.2 Å². The molecule has 0 saturated heterocycles. The number of hydrogen-bond donors (Lipinski definition) is 6. The highest BCUT2D eigenvalue weighted by Crippen LogP contribution is 2.43. The van der Waals surface area contributed by atoms with E-state index in [-0.39, 0.29) is 90.0 Å². The van der Waals surface area contributed by atoms with Crippen LogP contribution in [-0.4, -0.2) is 99.1 Å². The van der Waals surface area contributed by atoms with Crippen molar-refractivity contribution in [3.05, 3.63) is 235 Å². The van der Waals surface area contributed by atoms with Gasteiger partial charge in [-0.3, -0.25) is 9.59 Å². The normalized spacial score (nSPS) is 12.8. The molecule has 0 aliphatic rings. The summed E-state index contributed by atoms with van der Waals surface area (Å²) in [4.78, 5) is 65.1. The van der Waals surface area contributed by atoms with E-state index in [1.807, 2.05) is 0 Å². The Balaban J connectivity index is 0.000000254. The minimum absolute atomic E-state index is 0. The monoisotopic (exact) mass is 1480 g/mol. The van der Waals surface area contributed by atoms with Crippen molar-refractivity contribution < 1.29 is 116 Å². The van der Waals surface area contributed by atoms with Crippen LogP contribution >= 0.6 is 22.7 Å². The molecule has 0 radical (unpaired) electrons. The molecule has 0 unspecified atom stereocenters. The molecular formula is C66H54BrF7N12O12S2. The van der Waals surface area contributed by atoms with Crippen LogP contribution in [0.15, 0.2) is 157 Å². The summed E-state index contributed by atoms with van der Waals surface area (Å²) in [5, 5.41) is 84.0. The molecule has 6 aromatic carbocycles. The van der Waals surface area contributed by atoms with Crippen LogP contribution in [0.1, 0.15) is 89.8 Å². The lowest BCUT2D eigenvalue weighted by atomic mass is 9.82. The number of hydrogen-bond acceptors (Lipinski definition) is 20. The second-order valence-corrected chi connectivity index (χ2v) is 23.5. The number of ether oxygens (including phenoxy) is 2. The highest BCUT2D eigenvalue weighted by Gasteiger charge is 2.45. The zero-order valence-corrected chi connectivity index (χ0v) is 55.1. The third-order valence-corrected chi connectivity index (χ3v) is 17.1. The summed E-state index contributed by atoms with van der Waals surface area (Å²) in [5.74, 6) is -12.0. The van der Waals surface area contributed by atoms with Crippen LogP contribution in [0, 0.1) is 45.9 Å². The van der Waals surface area contributed by atoms with Crippen LogP contribution in [0.4, 0.5) is 30.7 Å². The van der Waals surface area contributed by atoms with Gasteiger partial charge in [0.2, 0.25) is 12.7 Å². The predicted molar refractivity (Wildman–Crippen MR) is 332 cm³/mol. The summed E-state index contributed by atoms with van der Waals surface area (Å²) < 4.78 is 106. The zero-order valence-electron chi connectivity index (χ0n) is 51.9. The summed E-state index contributed by atoms with van der Waals surface area (Å²) in [6.07, 6.45) is 0.646. The lowest BCUT2D eigenvalue weighted by Crippen LogP contribution is -3.00. The summed E-state index contributed by atoms with van der Waals surface area (Å²) in [6, 6.07) is 32.0. The minimum atomic E-state index is -5.19. The van der Waals surface area contributed by atoms with Crippen molar-refractivity contribution in [2.75, 3.05) is 13.1 Å². The number of carboxylic acid groups (broad SMARTS) is 3. The molecule has 0 aliphatic carbocycles. The van der Waals surface area contributed by atoms with Gasteiger partial charge in [-0.1, -0.05) is 62.4 Å². The van der Waals surface area contributed by atoms with E-state index in [2.05, 4.69) is 32.3 Å². The van der Waals surface area contributed by atoms with E-state index in [1.165, 1.54) is 106 Å². The first-order chi connectivity index (χ1) is 46.9. The van der Waals surface area contributed by atoms with Gasteiger partial charge in [0.05, 0.1) is 82.0 Å². The Labute approximate surface area is 580 Å². The smallest absolute Gasteiger partial charge is 0.430 e. The molecule has 0 amide bonds. The number of carbonyl (C=O) groups excluding carboxylic acids is 3. The quantitative estimate of drug-likeness (QED) is 0.0243. The number of aliphatic carboxylic acids is 1. The van der Waals surface area contributed by atoms with Crippen molar-refractivity contribution in [2.45, 2.75) is 69.2 Å². The summed E-state index contributed by atoms with van der Waals surface area (Å²) in [7, 11) is 0. The van der Waals surface area contributed by atoms with Crippen LogP contribution in [-0.2, 0) is 51.8 Å². The highest BCUT2D eigenvalue weighted by molar-refractivity contribution is 7.10. The number of carboxylic acids is 3. The molecule has 0 bridgehead atoms. The number of esters is 2. The number of alkyl halides is 3. The number of nitrogens with two attached hydrogens (primary N) is 2. The molecule has 24 nitrogen and oxygen atoms in total. The minimum Gasteiger partial charge on any atom is -1.00 e. The Bertz CT molecular complexity index is 4440. The molecular weight excluding hydrogens is 1430 g/mol. The number of aromatic nitrogens is 8. The first-order valence-electron chi connectivity index (χ1n) is 28.9. The van der Waals surface area contributed by atoms with E-state index >= 15 is 8.78 Å². The maximum absolute atomic E-state index is 15.2. The number of thiazole rings is 2. The van der Waals surface area contributed by atoms with Crippen molar-refractivity contribution in [2.24, 2.45) is 11.5 Å². The van der Waals surface area contributed by atoms with Crippen LogP contribution in [0.2, 0.25) is 0 Å². The number of rotatable bonds is 22. The Morgan fingerprint density at radius 2 is 0.960 bits per heavy atom. The fraction of sp³-hybridized carbons (Fsp3) is 0.197. The number of halogens is 8. The summed E-state index contributed by atoms with van der Waals surface area (Å²) in [5.41, 5.74) is 10.5. The maximum Gasteiger partial charge on any atom is 0.430 e. The first kappa shape index (κ1) is 76.4. The Morgan fingerprint density at radius 1 is 0.600 bits per heavy atom. The molecule has 100 heavy (non-hydrogen) atoms. The van der Waals surface area contributed by atoms with Crippen LogP contribution in [0.5, 0.6) is 11.5 Å². The maximum atomic E-state index is 15.2. The molecule has 34 heteroatoms. The fourth-order valence-electron chi connectivity index (χ4n) is 9.87. The summed E-state index contributed by atoms with van der Waals surface area (Å²) in [6.45, 7) is 2.18. The van der Waals surface area contributed by atoms with E-state index < -0.39 is 82.3 Å².